The minimum absolute atomic E-state index is 0.444. The lowest BCUT2D eigenvalue weighted by atomic mass is 9.86. The molecule has 1 aliphatic rings. The van der Waals surface area contributed by atoms with Crippen LogP contribution in [0.2, 0.25) is 5.02 Å². The monoisotopic (exact) mass is 290 g/mol. The average molecular weight is 291 g/mol. The van der Waals surface area contributed by atoms with E-state index in [1.54, 1.807) is 0 Å². The molecule has 5 heteroatoms. The first-order chi connectivity index (χ1) is 9.79. The van der Waals surface area contributed by atoms with Gasteiger partial charge in [0.05, 0.1) is 11.4 Å². The predicted molar refractivity (Wildman–Crippen MR) is 80.1 cm³/mol. The van der Waals surface area contributed by atoms with Gasteiger partial charge in [-0.2, -0.15) is 0 Å². The molecule has 0 spiro atoms. The third-order valence-corrected chi connectivity index (χ3v) is 4.29. The Bertz CT molecular complexity index is 570. The Kier molecular flexibility index (Phi) is 4.03. The van der Waals surface area contributed by atoms with Gasteiger partial charge in [-0.3, -0.25) is 0 Å². The van der Waals surface area contributed by atoms with E-state index in [2.05, 4.69) is 10.3 Å². The SMILES string of the molecule is NCc1nnn(-c2ccc(Cl)cc2)c1C1CCCCC1. The van der Waals surface area contributed by atoms with Gasteiger partial charge in [-0.05, 0) is 37.1 Å². The summed E-state index contributed by atoms with van der Waals surface area (Å²) < 4.78 is 1.94. The highest BCUT2D eigenvalue weighted by molar-refractivity contribution is 6.30. The van der Waals surface area contributed by atoms with Gasteiger partial charge in [0.2, 0.25) is 0 Å². The number of nitrogens with two attached hydrogens (primary N) is 1. The van der Waals surface area contributed by atoms with Crippen LogP contribution < -0.4 is 5.73 Å². The van der Waals surface area contributed by atoms with Gasteiger partial charge in [0.25, 0.3) is 0 Å². The molecule has 106 valence electrons. The van der Waals surface area contributed by atoms with E-state index in [1.165, 1.54) is 37.8 Å². The average Bonchev–Trinajstić information content (AvgIpc) is 2.93. The Morgan fingerprint density at radius 3 is 2.50 bits per heavy atom. The van der Waals surface area contributed by atoms with Gasteiger partial charge in [0.1, 0.15) is 5.69 Å². The Morgan fingerprint density at radius 1 is 1.15 bits per heavy atom. The largest absolute Gasteiger partial charge is 0.325 e. The molecule has 2 aromatic rings. The van der Waals surface area contributed by atoms with Gasteiger partial charge in [-0.1, -0.05) is 36.1 Å². The lowest BCUT2D eigenvalue weighted by molar-refractivity contribution is 0.428. The lowest BCUT2D eigenvalue weighted by Gasteiger charge is -2.23. The molecule has 0 amide bonds. The normalized spacial score (nSPS) is 16.5. The summed E-state index contributed by atoms with van der Waals surface area (Å²) in [5, 5.41) is 9.30. The van der Waals surface area contributed by atoms with Crippen molar-refractivity contribution < 1.29 is 0 Å². The molecule has 3 rings (SSSR count). The fourth-order valence-electron chi connectivity index (χ4n) is 3.02. The van der Waals surface area contributed by atoms with Crippen molar-refractivity contribution in [1.29, 1.82) is 0 Å². The zero-order chi connectivity index (χ0) is 13.9. The summed E-state index contributed by atoms with van der Waals surface area (Å²) in [5.41, 5.74) is 8.95. The van der Waals surface area contributed by atoms with E-state index in [-0.39, 0.29) is 0 Å². The van der Waals surface area contributed by atoms with E-state index >= 15 is 0 Å². The Balaban J connectivity index is 2.02. The molecule has 1 saturated carbocycles. The molecule has 0 atom stereocenters. The van der Waals surface area contributed by atoms with E-state index in [0.29, 0.717) is 12.5 Å². The zero-order valence-corrected chi connectivity index (χ0v) is 12.2. The Labute approximate surface area is 123 Å². The van der Waals surface area contributed by atoms with E-state index in [4.69, 9.17) is 17.3 Å². The van der Waals surface area contributed by atoms with Gasteiger partial charge in [0.15, 0.2) is 0 Å². The van der Waals surface area contributed by atoms with Crippen molar-refractivity contribution in [3.8, 4) is 5.69 Å². The van der Waals surface area contributed by atoms with Gasteiger partial charge < -0.3 is 5.73 Å². The summed E-state index contributed by atoms with van der Waals surface area (Å²) in [6.07, 6.45) is 6.29. The topological polar surface area (TPSA) is 56.7 Å². The van der Waals surface area contributed by atoms with Crippen LogP contribution in [0.15, 0.2) is 24.3 Å². The predicted octanol–water partition coefficient (Wildman–Crippen LogP) is 3.43. The standard InChI is InChI=1S/C15H19ClN4/c16-12-6-8-13(9-7-12)20-15(14(10-17)18-19-20)11-4-2-1-3-5-11/h6-9,11H,1-5,10,17H2. The molecular formula is C15H19ClN4. The van der Waals surface area contributed by atoms with Gasteiger partial charge in [0, 0.05) is 17.5 Å². The van der Waals surface area contributed by atoms with E-state index in [9.17, 15) is 0 Å². The van der Waals surface area contributed by atoms with Crippen molar-refractivity contribution in [3.63, 3.8) is 0 Å². The van der Waals surface area contributed by atoms with Crippen LogP contribution in [0, 0.1) is 0 Å². The number of rotatable bonds is 3. The molecule has 1 fully saturated rings. The molecule has 0 unspecified atom stereocenters. The summed E-state index contributed by atoms with van der Waals surface area (Å²) in [5.74, 6) is 0.521. The molecular weight excluding hydrogens is 272 g/mol. The van der Waals surface area contributed by atoms with Crippen LogP contribution in [0.4, 0.5) is 0 Å². The first kappa shape index (κ1) is 13.6. The quantitative estimate of drug-likeness (QED) is 0.942. The van der Waals surface area contributed by atoms with Gasteiger partial charge >= 0.3 is 0 Å². The molecule has 1 aromatic carbocycles. The van der Waals surface area contributed by atoms with Crippen LogP contribution in [0.25, 0.3) is 5.69 Å². The second-order valence-corrected chi connectivity index (χ2v) is 5.79. The molecule has 0 radical (unpaired) electrons. The van der Waals surface area contributed by atoms with Crippen molar-refractivity contribution >= 4 is 11.6 Å². The highest BCUT2D eigenvalue weighted by Crippen LogP contribution is 2.34. The molecule has 20 heavy (non-hydrogen) atoms. The van der Waals surface area contributed by atoms with E-state index in [0.717, 1.165) is 16.4 Å². The molecule has 0 aliphatic heterocycles. The molecule has 1 aromatic heterocycles. The summed E-state index contributed by atoms with van der Waals surface area (Å²) >= 11 is 5.95. The zero-order valence-electron chi connectivity index (χ0n) is 11.4. The fourth-order valence-corrected chi connectivity index (χ4v) is 3.15. The van der Waals surface area contributed by atoms with Crippen molar-refractivity contribution in [3.05, 3.63) is 40.7 Å². The first-order valence-electron chi connectivity index (χ1n) is 7.20. The number of halogens is 1. The summed E-state index contributed by atoms with van der Waals surface area (Å²) in [7, 11) is 0. The first-order valence-corrected chi connectivity index (χ1v) is 7.58. The lowest BCUT2D eigenvalue weighted by Crippen LogP contribution is -2.14. The van der Waals surface area contributed by atoms with Crippen LogP contribution >= 0.6 is 11.6 Å². The highest BCUT2D eigenvalue weighted by atomic mass is 35.5. The van der Waals surface area contributed by atoms with Crippen LogP contribution in [-0.4, -0.2) is 15.0 Å². The van der Waals surface area contributed by atoms with Crippen LogP contribution in [0.5, 0.6) is 0 Å². The molecule has 0 saturated heterocycles. The van der Waals surface area contributed by atoms with Crippen LogP contribution in [0.3, 0.4) is 0 Å². The highest BCUT2D eigenvalue weighted by Gasteiger charge is 2.24. The van der Waals surface area contributed by atoms with Gasteiger partial charge in [-0.25, -0.2) is 4.68 Å². The number of hydrogen-bond donors (Lipinski definition) is 1. The smallest absolute Gasteiger partial charge is 0.100 e. The summed E-state index contributed by atoms with van der Waals surface area (Å²) in [4.78, 5) is 0. The molecule has 2 N–H and O–H groups in total. The second kappa shape index (κ2) is 5.94. The van der Waals surface area contributed by atoms with Crippen molar-refractivity contribution in [2.24, 2.45) is 5.73 Å². The number of nitrogens with zero attached hydrogens (tertiary/aromatic N) is 3. The van der Waals surface area contributed by atoms with Gasteiger partial charge in [-0.15, -0.1) is 5.10 Å². The van der Waals surface area contributed by atoms with Crippen LogP contribution in [-0.2, 0) is 6.54 Å². The van der Waals surface area contributed by atoms with Crippen LogP contribution in [0.1, 0.15) is 49.4 Å². The maximum absolute atomic E-state index is 5.95. The molecule has 0 bridgehead atoms. The number of benzene rings is 1. The van der Waals surface area contributed by atoms with E-state index < -0.39 is 0 Å². The maximum atomic E-state index is 5.95. The molecule has 1 aliphatic carbocycles. The minimum atomic E-state index is 0.444. The van der Waals surface area contributed by atoms with Crippen molar-refractivity contribution in [2.45, 2.75) is 44.6 Å². The fraction of sp³-hybridized carbons (Fsp3) is 0.467. The van der Waals surface area contributed by atoms with E-state index in [1.807, 2.05) is 28.9 Å². The maximum Gasteiger partial charge on any atom is 0.100 e. The van der Waals surface area contributed by atoms with Crippen molar-refractivity contribution in [1.82, 2.24) is 15.0 Å². The van der Waals surface area contributed by atoms with Crippen molar-refractivity contribution in [2.75, 3.05) is 0 Å². The summed E-state index contributed by atoms with van der Waals surface area (Å²) in [6.45, 7) is 0.444. The molecule has 1 heterocycles. The third kappa shape index (κ3) is 2.58. The number of hydrogen-bond acceptors (Lipinski definition) is 3. The Hall–Kier alpha value is -1.39. The third-order valence-electron chi connectivity index (χ3n) is 4.04. The Morgan fingerprint density at radius 2 is 1.85 bits per heavy atom. The minimum Gasteiger partial charge on any atom is -0.325 e. The second-order valence-electron chi connectivity index (χ2n) is 5.35. The summed E-state index contributed by atoms with van der Waals surface area (Å²) in [6, 6.07) is 7.71. The molecule has 4 nitrogen and oxygen atoms in total. The number of aromatic nitrogens is 3.